The Bertz CT molecular complexity index is 414. The number of thioether (sulfide) groups is 1. The molecule has 1 unspecified atom stereocenters. The number of rotatable bonds is 8. The van der Waals surface area contributed by atoms with Crippen LogP contribution in [0.4, 0.5) is 0 Å². The third-order valence-electron chi connectivity index (χ3n) is 3.96. The van der Waals surface area contributed by atoms with Gasteiger partial charge in [0.1, 0.15) is 0 Å². The molecule has 2 rings (SSSR count). The highest BCUT2D eigenvalue weighted by atomic mass is 32.2. The van der Waals surface area contributed by atoms with Crippen LogP contribution < -0.4 is 5.32 Å². The number of hydrogen-bond acceptors (Lipinski definition) is 2. The molecule has 0 fully saturated rings. The second kappa shape index (κ2) is 8.09. The van der Waals surface area contributed by atoms with Crippen LogP contribution in [0.25, 0.3) is 0 Å². The van der Waals surface area contributed by atoms with E-state index in [1.165, 1.54) is 43.4 Å². The van der Waals surface area contributed by atoms with Gasteiger partial charge in [-0.15, -0.1) is 0 Å². The van der Waals surface area contributed by atoms with Crippen LogP contribution in [-0.2, 0) is 19.3 Å². The van der Waals surface area contributed by atoms with E-state index in [4.69, 9.17) is 0 Å². The lowest BCUT2D eigenvalue weighted by Crippen LogP contribution is -2.34. The van der Waals surface area contributed by atoms with Crippen LogP contribution in [0.3, 0.4) is 0 Å². The maximum Gasteiger partial charge on any atom is 0.0198 e. The van der Waals surface area contributed by atoms with Gasteiger partial charge in [0.25, 0.3) is 0 Å². The zero-order valence-corrected chi connectivity index (χ0v) is 14.1. The van der Waals surface area contributed by atoms with Crippen molar-refractivity contribution in [3.63, 3.8) is 0 Å². The van der Waals surface area contributed by atoms with Gasteiger partial charge in [-0.3, -0.25) is 0 Å². The van der Waals surface area contributed by atoms with Crippen molar-refractivity contribution in [2.45, 2.75) is 64.2 Å². The van der Waals surface area contributed by atoms with Crippen molar-refractivity contribution < 1.29 is 0 Å². The van der Waals surface area contributed by atoms with Crippen LogP contribution in [0.2, 0.25) is 0 Å². The van der Waals surface area contributed by atoms with Gasteiger partial charge in [-0.1, -0.05) is 39.0 Å². The molecule has 1 aromatic carbocycles. The molecule has 0 amide bonds. The molecule has 0 spiro atoms. The second-order valence-electron chi connectivity index (χ2n) is 6.19. The highest BCUT2D eigenvalue weighted by Gasteiger charge is 2.14. The molecule has 0 saturated carbocycles. The maximum absolute atomic E-state index is 3.72. The fourth-order valence-electron chi connectivity index (χ4n) is 2.88. The fraction of sp³-hybridized carbons (Fsp3) is 0.667. The van der Waals surface area contributed by atoms with Crippen LogP contribution >= 0.6 is 11.8 Å². The molecule has 20 heavy (non-hydrogen) atoms. The molecule has 0 aliphatic heterocycles. The average Bonchev–Trinajstić information content (AvgIpc) is 2.89. The minimum Gasteiger partial charge on any atom is -0.313 e. The largest absolute Gasteiger partial charge is 0.313 e. The molecular formula is C18H29NS. The molecule has 1 aromatic rings. The van der Waals surface area contributed by atoms with Gasteiger partial charge in [0.15, 0.2) is 0 Å². The molecule has 1 aliphatic carbocycles. The fourth-order valence-corrected chi connectivity index (χ4v) is 3.74. The van der Waals surface area contributed by atoms with Gasteiger partial charge < -0.3 is 5.32 Å². The number of benzene rings is 1. The summed E-state index contributed by atoms with van der Waals surface area (Å²) in [5.74, 6) is 1.22. The minimum atomic E-state index is 0.613. The lowest BCUT2D eigenvalue weighted by molar-refractivity contribution is 0.549. The van der Waals surface area contributed by atoms with Crippen molar-refractivity contribution >= 4 is 11.8 Å². The minimum absolute atomic E-state index is 0.613. The Morgan fingerprint density at radius 1 is 1.20 bits per heavy atom. The maximum atomic E-state index is 3.72. The van der Waals surface area contributed by atoms with Crippen LogP contribution in [0.5, 0.6) is 0 Å². The van der Waals surface area contributed by atoms with E-state index in [9.17, 15) is 0 Å². The molecule has 2 heteroatoms. The zero-order chi connectivity index (χ0) is 14.4. The smallest absolute Gasteiger partial charge is 0.0198 e. The van der Waals surface area contributed by atoms with Gasteiger partial charge in [-0.2, -0.15) is 11.8 Å². The summed E-state index contributed by atoms with van der Waals surface area (Å²) < 4.78 is 0. The first-order valence-corrected chi connectivity index (χ1v) is 9.19. The zero-order valence-electron chi connectivity index (χ0n) is 13.2. The summed E-state index contributed by atoms with van der Waals surface area (Å²) in [5.41, 5.74) is 4.71. The van der Waals surface area contributed by atoms with Crippen molar-refractivity contribution in [2.24, 2.45) is 0 Å². The summed E-state index contributed by atoms with van der Waals surface area (Å²) in [6.45, 7) is 7.96. The predicted molar refractivity (Wildman–Crippen MR) is 91.8 cm³/mol. The Morgan fingerprint density at radius 2 is 2.00 bits per heavy atom. The summed E-state index contributed by atoms with van der Waals surface area (Å²) in [4.78, 5) is 0. The van der Waals surface area contributed by atoms with E-state index in [-0.39, 0.29) is 0 Å². The van der Waals surface area contributed by atoms with Gasteiger partial charge in [-0.05, 0) is 60.6 Å². The summed E-state index contributed by atoms with van der Waals surface area (Å²) >= 11 is 2.07. The average molecular weight is 292 g/mol. The molecule has 1 nitrogen and oxygen atoms in total. The van der Waals surface area contributed by atoms with E-state index in [0.29, 0.717) is 6.04 Å². The Hall–Kier alpha value is -0.470. The van der Waals surface area contributed by atoms with Gasteiger partial charge in [-0.25, -0.2) is 0 Å². The topological polar surface area (TPSA) is 12.0 Å². The summed E-state index contributed by atoms with van der Waals surface area (Å²) in [6, 6.07) is 7.79. The number of aryl methyl sites for hydroxylation is 2. The molecule has 1 N–H and O–H groups in total. The Morgan fingerprint density at radius 3 is 2.75 bits per heavy atom. The van der Waals surface area contributed by atoms with Crippen LogP contribution in [0, 0.1) is 0 Å². The molecule has 0 aromatic heterocycles. The van der Waals surface area contributed by atoms with Gasteiger partial charge in [0.2, 0.25) is 0 Å². The van der Waals surface area contributed by atoms with E-state index in [2.05, 4.69) is 56.0 Å². The molecule has 1 atom stereocenters. The molecule has 0 radical (unpaired) electrons. The van der Waals surface area contributed by atoms with Crippen LogP contribution in [-0.4, -0.2) is 23.6 Å². The van der Waals surface area contributed by atoms with Crippen LogP contribution in [0.1, 0.15) is 50.3 Å². The third kappa shape index (κ3) is 4.82. The first-order chi connectivity index (χ1) is 9.69. The normalized spacial score (nSPS) is 15.6. The molecule has 0 saturated heterocycles. The quantitative estimate of drug-likeness (QED) is 0.769. The monoisotopic (exact) mass is 291 g/mol. The number of fused-ring (bicyclic) bond motifs is 1. The molecule has 0 heterocycles. The summed E-state index contributed by atoms with van der Waals surface area (Å²) in [7, 11) is 0. The summed E-state index contributed by atoms with van der Waals surface area (Å²) in [6.07, 6.45) is 6.31. The van der Waals surface area contributed by atoms with Crippen molar-refractivity contribution in [3.8, 4) is 0 Å². The first-order valence-electron chi connectivity index (χ1n) is 8.14. The standard InChI is InChI=1S/C18H29NS/c1-4-10-19-18(13-20-14(2)3)12-15-8-9-16-6-5-7-17(16)11-15/h8-9,11,14,18-19H,4-7,10,12-13H2,1-3H3. The van der Waals surface area contributed by atoms with Crippen LogP contribution in [0.15, 0.2) is 18.2 Å². The second-order valence-corrected chi connectivity index (χ2v) is 7.80. The lowest BCUT2D eigenvalue weighted by atomic mass is 10.0. The van der Waals surface area contributed by atoms with E-state index < -0.39 is 0 Å². The van der Waals surface area contributed by atoms with Gasteiger partial charge >= 0.3 is 0 Å². The van der Waals surface area contributed by atoms with E-state index >= 15 is 0 Å². The van der Waals surface area contributed by atoms with Crippen molar-refractivity contribution in [3.05, 3.63) is 34.9 Å². The highest BCUT2D eigenvalue weighted by Crippen LogP contribution is 2.24. The van der Waals surface area contributed by atoms with Crippen molar-refractivity contribution in [1.82, 2.24) is 5.32 Å². The first kappa shape index (κ1) is 15.9. The van der Waals surface area contributed by atoms with Gasteiger partial charge in [0, 0.05) is 11.8 Å². The third-order valence-corrected chi connectivity index (χ3v) is 5.22. The lowest BCUT2D eigenvalue weighted by Gasteiger charge is -2.20. The SMILES string of the molecule is CCCNC(CSC(C)C)Cc1ccc2c(c1)CCC2. The van der Waals surface area contributed by atoms with E-state index in [1.54, 1.807) is 11.1 Å². The van der Waals surface area contributed by atoms with Crippen molar-refractivity contribution in [2.75, 3.05) is 12.3 Å². The highest BCUT2D eigenvalue weighted by molar-refractivity contribution is 7.99. The number of nitrogens with one attached hydrogen (secondary N) is 1. The Kier molecular flexibility index (Phi) is 6.44. The van der Waals surface area contributed by atoms with E-state index in [0.717, 1.165) is 11.8 Å². The molecule has 112 valence electrons. The Labute approximate surface area is 128 Å². The Balaban J connectivity index is 1.95. The van der Waals surface area contributed by atoms with Crippen molar-refractivity contribution in [1.29, 1.82) is 0 Å². The van der Waals surface area contributed by atoms with E-state index in [1.807, 2.05) is 0 Å². The summed E-state index contributed by atoms with van der Waals surface area (Å²) in [5, 5.41) is 4.44. The molecular weight excluding hydrogens is 262 g/mol. The van der Waals surface area contributed by atoms with Gasteiger partial charge in [0.05, 0.1) is 0 Å². The number of hydrogen-bond donors (Lipinski definition) is 1. The predicted octanol–water partition coefficient (Wildman–Crippen LogP) is 4.23. The molecule has 0 bridgehead atoms. The molecule has 1 aliphatic rings.